The Hall–Kier alpha value is -3.82. The van der Waals surface area contributed by atoms with E-state index >= 15 is 0 Å². The molecule has 4 aromatic rings. The van der Waals surface area contributed by atoms with E-state index in [1.165, 1.54) is 22.9 Å². The molecular weight excluding hydrogens is 461 g/mol. The fraction of sp³-hybridized carbons (Fsp3) is 0.296. The van der Waals surface area contributed by atoms with Crippen LogP contribution in [0.15, 0.2) is 65.5 Å². The minimum atomic E-state index is -0.774. The second-order valence-electron chi connectivity index (χ2n) is 9.13. The van der Waals surface area contributed by atoms with Crippen molar-refractivity contribution in [2.75, 3.05) is 25.1 Å². The summed E-state index contributed by atoms with van der Waals surface area (Å²) < 4.78 is 16.8. The van der Waals surface area contributed by atoms with Gasteiger partial charge in [-0.3, -0.25) is 4.79 Å². The number of anilines is 1. The van der Waals surface area contributed by atoms with Crippen LogP contribution in [0.5, 0.6) is 0 Å². The molecule has 9 heteroatoms. The van der Waals surface area contributed by atoms with E-state index < -0.39 is 5.41 Å². The summed E-state index contributed by atoms with van der Waals surface area (Å²) >= 11 is 0. The zero-order valence-electron chi connectivity index (χ0n) is 20.6. The van der Waals surface area contributed by atoms with Crippen molar-refractivity contribution in [2.24, 2.45) is 5.41 Å². The van der Waals surface area contributed by atoms with Gasteiger partial charge in [0.15, 0.2) is 0 Å². The molecule has 0 amide bonds. The summed E-state index contributed by atoms with van der Waals surface area (Å²) in [5, 5.41) is 32.4. The van der Waals surface area contributed by atoms with Crippen LogP contribution in [0.25, 0.3) is 28.2 Å². The number of hydrogen-bond acceptors (Lipinski definition) is 6. The molecule has 2 aromatic carbocycles. The van der Waals surface area contributed by atoms with Crippen LogP contribution in [-0.2, 0) is 6.54 Å². The number of hydrogen-bond donors (Lipinski definition) is 3. The molecule has 4 rings (SSSR count). The number of halogens is 1. The van der Waals surface area contributed by atoms with Gasteiger partial charge in [-0.05, 0) is 55.8 Å². The lowest BCUT2D eigenvalue weighted by atomic mass is 9.93. The molecule has 36 heavy (non-hydrogen) atoms. The Balaban J connectivity index is 1.94. The Bertz CT molecular complexity index is 1410. The highest BCUT2D eigenvalue weighted by Gasteiger charge is 2.27. The predicted octanol–water partition coefficient (Wildman–Crippen LogP) is 3.63. The van der Waals surface area contributed by atoms with Gasteiger partial charge in [-0.25, -0.2) is 9.07 Å². The number of benzene rings is 2. The molecule has 2 heterocycles. The van der Waals surface area contributed by atoms with Gasteiger partial charge in [0, 0.05) is 30.1 Å². The molecule has 188 valence electrons. The predicted molar refractivity (Wildman–Crippen MR) is 138 cm³/mol. The summed E-state index contributed by atoms with van der Waals surface area (Å²) in [6, 6.07) is 16.6. The fourth-order valence-corrected chi connectivity index (χ4v) is 3.90. The Kier molecular flexibility index (Phi) is 7.32. The Morgan fingerprint density at radius 3 is 2.33 bits per heavy atom. The van der Waals surface area contributed by atoms with Crippen molar-refractivity contribution in [3.8, 4) is 28.2 Å². The first-order valence-corrected chi connectivity index (χ1v) is 11.8. The summed E-state index contributed by atoms with van der Waals surface area (Å²) in [6.45, 7) is 5.97. The van der Waals surface area contributed by atoms with Crippen molar-refractivity contribution in [3.05, 3.63) is 82.4 Å². The fourth-order valence-electron chi connectivity index (χ4n) is 3.90. The van der Waals surface area contributed by atoms with Crippen molar-refractivity contribution in [1.29, 1.82) is 0 Å². The van der Waals surface area contributed by atoms with Crippen LogP contribution in [-0.4, -0.2) is 49.5 Å². The van der Waals surface area contributed by atoms with Gasteiger partial charge in [-0.15, -0.1) is 0 Å². The molecule has 0 radical (unpaired) electrons. The topological polar surface area (TPSA) is 105 Å². The molecular formula is C27H30FN5O3. The van der Waals surface area contributed by atoms with E-state index in [2.05, 4.69) is 5.32 Å². The number of aryl methyl sites for hydroxylation is 2. The van der Waals surface area contributed by atoms with Gasteiger partial charge in [0.2, 0.25) is 0 Å². The molecule has 0 saturated carbocycles. The second-order valence-corrected chi connectivity index (χ2v) is 9.13. The standard InChI is InChI=1S/C27H30FN5O3/c1-4-32-26(29-15-27(3,16-34)17-35)24(25(31-32)19-9-11-20(28)12-10-19)21-13-14-23(36)33(30-21)22-8-6-5-7-18(22)2/h5-14,29,34-35H,4,15-17H2,1-3H3. The number of para-hydroxylation sites is 1. The third kappa shape index (κ3) is 4.93. The third-order valence-corrected chi connectivity index (χ3v) is 6.22. The SMILES string of the molecule is CCn1nc(-c2ccc(F)cc2)c(-c2ccc(=O)n(-c3ccccc3C)n2)c1NCC(C)(CO)CO. The number of rotatable bonds is 9. The lowest BCUT2D eigenvalue weighted by Crippen LogP contribution is -2.34. The Morgan fingerprint density at radius 1 is 1.00 bits per heavy atom. The van der Waals surface area contributed by atoms with Crippen LogP contribution in [0.3, 0.4) is 0 Å². The van der Waals surface area contributed by atoms with E-state index in [-0.39, 0.29) is 31.1 Å². The van der Waals surface area contributed by atoms with E-state index in [4.69, 9.17) is 10.2 Å². The molecule has 0 saturated heterocycles. The number of aromatic nitrogens is 4. The van der Waals surface area contributed by atoms with Crippen LogP contribution < -0.4 is 10.9 Å². The smallest absolute Gasteiger partial charge is 0.271 e. The third-order valence-electron chi connectivity index (χ3n) is 6.22. The highest BCUT2D eigenvalue weighted by atomic mass is 19.1. The van der Waals surface area contributed by atoms with Gasteiger partial charge < -0.3 is 15.5 Å². The van der Waals surface area contributed by atoms with Gasteiger partial charge in [-0.1, -0.05) is 25.1 Å². The van der Waals surface area contributed by atoms with E-state index in [0.717, 1.165) is 5.56 Å². The molecule has 2 aromatic heterocycles. The lowest BCUT2D eigenvalue weighted by molar-refractivity contribution is 0.0805. The van der Waals surface area contributed by atoms with Crippen molar-refractivity contribution in [1.82, 2.24) is 19.6 Å². The van der Waals surface area contributed by atoms with Crippen molar-refractivity contribution < 1.29 is 14.6 Å². The maximum atomic E-state index is 13.7. The molecule has 0 spiro atoms. The first-order valence-electron chi connectivity index (χ1n) is 11.8. The van der Waals surface area contributed by atoms with Crippen LogP contribution in [0.4, 0.5) is 10.2 Å². The minimum Gasteiger partial charge on any atom is -0.396 e. The van der Waals surface area contributed by atoms with Crippen LogP contribution >= 0.6 is 0 Å². The monoisotopic (exact) mass is 491 g/mol. The van der Waals surface area contributed by atoms with Gasteiger partial charge in [-0.2, -0.15) is 14.9 Å². The minimum absolute atomic E-state index is 0.215. The van der Waals surface area contributed by atoms with Crippen LogP contribution in [0.2, 0.25) is 0 Å². The molecule has 0 bridgehead atoms. The van der Waals surface area contributed by atoms with E-state index in [9.17, 15) is 19.4 Å². The van der Waals surface area contributed by atoms with Crippen molar-refractivity contribution >= 4 is 5.82 Å². The largest absolute Gasteiger partial charge is 0.396 e. The quantitative estimate of drug-likeness (QED) is 0.330. The maximum absolute atomic E-state index is 13.7. The van der Waals surface area contributed by atoms with E-state index in [1.54, 1.807) is 29.8 Å². The molecule has 0 aliphatic carbocycles. The highest BCUT2D eigenvalue weighted by Crippen LogP contribution is 2.37. The van der Waals surface area contributed by atoms with E-state index in [0.29, 0.717) is 40.6 Å². The molecule has 0 fully saturated rings. The van der Waals surface area contributed by atoms with Gasteiger partial charge >= 0.3 is 0 Å². The molecule has 8 nitrogen and oxygen atoms in total. The van der Waals surface area contributed by atoms with Crippen molar-refractivity contribution in [3.63, 3.8) is 0 Å². The summed E-state index contributed by atoms with van der Waals surface area (Å²) in [6.07, 6.45) is 0. The highest BCUT2D eigenvalue weighted by molar-refractivity contribution is 5.87. The molecule has 0 aliphatic heterocycles. The number of aliphatic hydroxyl groups excluding tert-OH is 2. The van der Waals surface area contributed by atoms with Gasteiger partial charge in [0.25, 0.3) is 5.56 Å². The van der Waals surface area contributed by atoms with Gasteiger partial charge in [0.1, 0.15) is 17.3 Å². The number of nitrogens with zero attached hydrogens (tertiary/aromatic N) is 4. The summed E-state index contributed by atoms with van der Waals surface area (Å²) in [4.78, 5) is 12.8. The average molecular weight is 492 g/mol. The molecule has 0 unspecified atom stereocenters. The first-order chi connectivity index (χ1) is 17.3. The maximum Gasteiger partial charge on any atom is 0.271 e. The summed E-state index contributed by atoms with van der Waals surface area (Å²) in [5.41, 5.74) is 2.88. The average Bonchev–Trinajstić information content (AvgIpc) is 3.27. The van der Waals surface area contributed by atoms with Crippen LogP contribution in [0, 0.1) is 18.2 Å². The molecule has 0 aliphatic rings. The second kappa shape index (κ2) is 10.4. The molecule has 0 atom stereocenters. The lowest BCUT2D eigenvalue weighted by Gasteiger charge is -2.26. The van der Waals surface area contributed by atoms with Crippen molar-refractivity contribution in [2.45, 2.75) is 27.3 Å². The Labute approximate surface area is 208 Å². The summed E-state index contributed by atoms with van der Waals surface area (Å²) in [7, 11) is 0. The van der Waals surface area contributed by atoms with E-state index in [1.807, 2.05) is 38.1 Å². The number of aliphatic hydroxyl groups is 2. The molecule has 3 N–H and O–H groups in total. The van der Waals surface area contributed by atoms with Gasteiger partial charge in [0.05, 0.1) is 30.2 Å². The zero-order chi connectivity index (χ0) is 25.9. The number of nitrogens with one attached hydrogen (secondary N) is 1. The normalized spacial score (nSPS) is 11.6. The van der Waals surface area contributed by atoms with Crippen LogP contribution in [0.1, 0.15) is 19.4 Å². The first kappa shape index (κ1) is 25.3. The summed E-state index contributed by atoms with van der Waals surface area (Å²) in [5.74, 6) is 0.258. The zero-order valence-corrected chi connectivity index (χ0v) is 20.6. The Morgan fingerprint density at radius 2 is 1.69 bits per heavy atom.